The molecule has 0 aliphatic heterocycles. The van der Waals surface area contributed by atoms with Gasteiger partial charge in [0.05, 0.1) is 0 Å². The Kier molecular flexibility index (Phi) is 6.09. The minimum Gasteiger partial charge on any atom is -0.349 e. The van der Waals surface area contributed by atoms with Crippen molar-refractivity contribution < 1.29 is 4.79 Å². The zero-order chi connectivity index (χ0) is 13.7. The molecule has 1 saturated carbocycles. The van der Waals surface area contributed by atoms with Crippen molar-refractivity contribution in [2.75, 3.05) is 27.7 Å². The molecule has 18 heavy (non-hydrogen) atoms. The summed E-state index contributed by atoms with van der Waals surface area (Å²) in [6, 6.07) is 0.757. The molecule has 1 amide bonds. The van der Waals surface area contributed by atoms with Crippen LogP contribution in [-0.2, 0) is 4.79 Å². The Balaban J connectivity index is 2.60. The van der Waals surface area contributed by atoms with E-state index in [9.17, 15) is 4.79 Å². The minimum absolute atomic E-state index is 0.167. The van der Waals surface area contributed by atoms with Crippen molar-refractivity contribution in [2.45, 2.75) is 51.1 Å². The second-order valence-electron chi connectivity index (χ2n) is 5.88. The van der Waals surface area contributed by atoms with E-state index in [1.807, 2.05) is 0 Å². The predicted molar refractivity (Wildman–Crippen MR) is 75.3 cm³/mol. The second-order valence-corrected chi connectivity index (χ2v) is 5.88. The van der Waals surface area contributed by atoms with Gasteiger partial charge in [-0.2, -0.15) is 0 Å². The average molecular weight is 255 g/mol. The fraction of sp³-hybridized carbons (Fsp3) is 0.929. The highest BCUT2D eigenvalue weighted by Gasteiger charge is 2.29. The Morgan fingerprint density at radius 1 is 1.28 bits per heavy atom. The average Bonchev–Trinajstić information content (AvgIpc) is 2.35. The van der Waals surface area contributed by atoms with Crippen molar-refractivity contribution in [3.05, 3.63) is 0 Å². The molecule has 4 heteroatoms. The first-order chi connectivity index (χ1) is 8.47. The van der Waals surface area contributed by atoms with Gasteiger partial charge in [-0.3, -0.25) is 9.69 Å². The molecule has 1 aliphatic carbocycles. The summed E-state index contributed by atoms with van der Waals surface area (Å²) in [6.07, 6.45) is 5.72. The topological polar surface area (TPSA) is 49.6 Å². The third-order valence-corrected chi connectivity index (χ3v) is 4.35. The number of carbonyl (C=O) groups excluding carboxylic acids is 1. The van der Waals surface area contributed by atoms with Gasteiger partial charge in [0, 0.05) is 39.1 Å². The van der Waals surface area contributed by atoms with E-state index in [4.69, 9.17) is 5.73 Å². The normalized spacial score (nSPS) is 26.1. The summed E-state index contributed by atoms with van der Waals surface area (Å²) in [5.74, 6) is 0.882. The number of nitrogens with zero attached hydrogens (tertiary/aromatic N) is 2. The molecule has 0 spiro atoms. The highest BCUT2D eigenvalue weighted by Crippen LogP contribution is 2.28. The molecule has 1 aliphatic rings. The first-order valence-corrected chi connectivity index (χ1v) is 7.09. The predicted octanol–water partition coefficient (Wildman–Crippen LogP) is 1.30. The van der Waals surface area contributed by atoms with Gasteiger partial charge in [0.1, 0.15) is 0 Å². The van der Waals surface area contributed by atoms with Crippen molar-refractivity contribution in [1.82, 2.24) is 9.80 Å². The monoisotopic (exact) mass is 255 g/mol. The molecule has 4 nitrogen and oxygen atoms in total. The van der Waals surface area contributed by atoms with Crippen LogP contribution < -0.4 is 5.73 Å². The zero-order valence-corrected chi connectivity index (χ0v) is 12.4. The van der Waals surface area contributed by atoms with Crippen LogP contribution in [-0.4, -0.2) is 55.5 Å². The first-order valence-electron chi connectivity index (χ1n) is 7.09. The Labute approximate surface area is 111 Å². The Bertz CT molecular complexity index is 268. The molecule has 3 unspecified atom stereocenters. The summed E-state index contributed by atoms with van der Waals surface area (Å²) < 4.78 is 0. The summed E-state index contributed by atoms with van der Waals surface area (Å²) >= 11 is 0. The summed E-state index contributed by atoms with van der Waals surface area (Å²) in [5.41, 5.74) is 5.86. The summed E-state index contributed by atoms with van der Waals surface area (Å²) in [7, 11) is 5.74. The third kappa shape index (κ3) is 3.95. The third-order valence-electron chi connectivity index (χ3n) is 4.35. The molecule has 1 rings (SSSR count). The van der Waals surface area contributed by atoms with Gasteiger partial charge in [-0.1, -0.05) is 19.8 Å². The molecular weight excluding hydrogens is 226 g/mol. The maximum atomic E-state index is 11.8. The SMILES string of the molecule is CC1CCCCC1N(C)C(CN)CC(=O)N(C)C. The van der Waals surface area contributed by atoms with Gasteiger partial charge in [0.15, 0.2) is 0 Å². The highest BCUT2D eigenvalue weighted by atomic mass is 16.2. The number of likely N-dealkylation sites (N-methyl/N-ethyl adjacent to an activating group) is 1. The fourth-order valence-electron chi connectivity index (χ4n) is 2.95. The van der Waals surface area contributed by atoms with E-state index in [-0.39, 0.29) is 11.9 Å². The van der Waals surface area contributed by atoms with Crippen LogP contribution in [0.3, 0.4) is 0 Å². The lowest BCUT2D eigenvalue weighted by Crippen LogP contribution is -2.49. The Morgan fingerprint density at radius 2 is 1.89 bits per heavy atom. The van der Waals surface area contributed by atoms with E-state index in [0.29, 0.717) is 24.9 Å². The number of carbonyl (C=O) groups is 1. The molecule has 3 atom stereocenters. The van der Waals surface area contributed by atoms with Crippen LogP contribution in [0.5, 0.6) is 0 Å². The van der Waals surface area contributed by atoms with Crippen molar-refractivity contribution in [3.63, 3.8) is 0 Å². The van der Waals surface area contributed by atoms with Crippen LogP contribution in [0.15, 0.2) is 0 Å². The van der Waals surface area contributed by atoms with Gasteiger partial charge >= 0.3 is 0 Å². The number of amides is 1. The van der Waals surface area contributed by atoms with Crippen LogP contribution in [0.1, 0.15) is 39.0 Å². The first kappa shape index (κ1) is 15.4. The van der Waals surface area contributed by atoms with Crippen molar-refractivity contribution in [1.29, 1.82) is 0 Å². The summed E-state index contributed by atoms with van der Waals surface area (Å²) in [4.78, 5) is 15.8. The van der Waals surface area contributed by atoms with Crippen LogP contribution in [0, 0.1) is 5.92 Å². The minimum atomic E-state index is 0.167. The summed E-state index contributed by atoms with van der Waals surface area (Å²) in [6.45, 7) is 2.88. The van der Waals surface area contributed by atoms with E-state index in [1.165, 1.54) is 25.7 Å². The smallest absolute Gasteiger partial charge is 0.223 e. The quantitative estimate of drug-likeness (QED) is 0.805. The molecule has 0 heterocycles. The highest BCUT2D eigenvalue weighted by molar-refractivity contribution is 5.76. The second kappa shape index (κ2) is 7.10. The van der Waals surface area contributed by atoms with E-state index in [2.05, 4.69) is 18.9 Å². The molecular formula is C14H29N3O. The number of nitrogens with two attached hydrogens (primary N) is 1. The van der Waals surface area contributed by atoms with Gasteiger partial charge in [-0.15, -0.1) is 0 Å². The van der Waals surface area contributed by atoms with E-state index in [0.717, 1.165) is 0 Å². The molecule has 1 fully saturated rings. The van der Waals surface area contributed by atoms with Crippen molar-refractivity contribution >= 4 is 5.91 Å². The van der Waals surface area contributed by atoms with Crippen LogP contribution >= 0.6 is 0 Å². The standard InChI is InChI=1S/C14H29N3O/c1-11-7-5-6-8-13(11)17(4)12(10-15)9-14(18)16(2)3/h11-13H,5-10,15H2,1-4H3. The van der Waals surface area contributed by atoms with E-state index < -0.39 is 0 Å². The maximum absolute atomic E-state index is 11.8. The zero-order valence-electron chi connectivity index (χ0n) is 12.4. The molecule has 106 valence electrons. The van der Waals surface area contributed by atoms with Crippen LogP contribution in [0.2, 0.25) is 0 Å². The summed E-state index contributed by atoms with van der Waals surface area (Å²) in [5, 5.41) is 0. The van der Waals surface area contributed by atoms with E-state index in [1.54, 1.807) is 19.0 Å². The molecule has 0 saturated heterocycles. The molecule has 0 radical (unpaired) electrons. The van der Waals surface area contributed by atoms with Gasteiger partial charge in [-0.25, -0.2) is 0 Å². The number of hydrogen-bond acceptors (Lipinski definition) is 3. The lowest BCUT2D eigenvalue weighted by Gasteiger charge is -2.40. The van der Waals surface area contributed by atoms with Gasteiger partial charge in [-0.05, 0) is 25.8 Å². The van der Waals surface area contributed by atoms with E-state index >= 15 is 0 Å². The van der Waals surface area contributed by atoms with Gasteiger partial charge in [0.2, 0.25) is 5.91 Å². The lowest BCUT2D eigenvalue weighted by molar-refractivity contribution is -0.130. The molecule has 0 bridgehead atoms. The molecule has 0 aromatic rings. The Morgan fingerprint density at radius 3 is 2.39 bits per heavy atom. The lowest BCUT2D eigenvalue weighted by atomic mass is 9.84. The van der Waals surface area contributed by atoms with Gasteiger partial charge in [0.25, 0.3) is 0 Å². The molecule has 0 aromatic heterocycles. The van der Waals surface area contributed by atoms with Crippen LogP contribution in [0.4, 0.5) is 0 Å². The number of hydrogen-bond donors (Lipinski definition) is 1. The van der Waals surface area contributed by atoms with Gasteiger partial charge < -0.3 is 10.6 Å². The largest absolute Gasteiger partial charge is 0.349 e. The fourth-order valence-corrected chi connectivity index (χ4v) is 2.95. The number of rotatable bonds is 5. The Hall–Kier alpha value is -0.610. The van der Waals surface area contributed by atoms with Crippen molar-refractivity contribution in [3.8, 4) is 0 Å². The van der Waals surface area contributed by atoms with Crippen molar-refractivity contribution in [2.24, 2.45) is 11.7 Å². The van der Waals surface area contributed by atoms with Crippen LogP contribution in [0.25, 0.3) is 0 Å². The molecule has 2 N–H and O–H groups in total. The molecule has 0 aromatic carbocycles. The maximum Gasteiger partial charge on any atom is 0.223 e.